The Hall–Kier alpha value is -3.55. The summed E-state index contributed by atoms with van der Waals surface area (Å²) in [6.45, 7) is -0.404. The Balaban J connectivity index is 1.78. The third-order valence-corrected chi connectivity index (χ3v) is 3.98. The zero-order valence-electron chi connectivity index (χ0n) is 16.5. The Morgan fingerprint density at radius 1 is 0.897 bits per heavy atom. The van der Waals surface area contributed by atoms with Gasteiger partial charge in [-0.3, -0.25) is 9.59 Å². The fourth-order valence-electron chi connectivity index (χ4n) is 2.48. The van der Waals surface area contributed by atoms with Gasteiger partial charge in [-0.1, -0.05) is 0 Å². The maximum atomic E-state index is 11.9. The van der Waals surface area contributed by atoms with E-state index in [4.69, 9.17) is 14.2 Å². The minimum Gasteiger partial charge on any atom is -0.497 e. The van der Waals surface area contributed by atoms with E-state index >= 15 is 0 Å². The molecule has 2 aromatic rings. The highest BCUT2D eigenvalue weighted by Gasteiger charge is 2.11. The first kappa shape index (κ1) is 21.7. The topological polar surface area (TPSA) is 100 Å². The molecule has 0 unspecified atom stereocenters. The standard InChI is InChI=1S/C21H23NO7/c1-26-17-10-14(11-18(12-17)27-2)4-9-20(24)29-13-19(23)22-16-7-5-15(6-8-16)21(25)28-3/h5-8,10-12H,4,9,13H2,1-3H3,(H,22,23). The third kappa shape index (κ3) is 6.84. The normalized spacial score (nSPS) is 10.0. The number of hydrogen-bond donors (Lipinski definition) is 1. The second-order valence-electron chi connectivity index (χ2n) is 6.00. The van der Waals surface area contributed by atoms with Gasteiger partial charge in [0.15, 0.2) is 6.61 Å². The first-order valence-electron chi connectivity index (χ1n) is 8.81. The second kappa shape index (κ2) is 10.7. The Morgan fingerprint density at radius 2 is 1.52 bits per heavy atom. The van der Waals surface area contributed by atoms with Crippen LogP contribution in [0.3, 0.4) is 0 Å². The van der Waals surface area contributed by atoms with Crippen molar-refractivity contribution >= 4 is 23.5 Å². The molecule has 2 aromatic carbocycles. The molecule has 1 amide bonds. The number of methoxy groups -OCH3 is 3. The summed E-state index contributed by atoms with van der Waals surface area (Å²) in [4.78, 5) is 35.2. The number of aryl methyl sites for hydroxylation is 1. The molecule has 0 bridgehead atoms. The smallest absolute Gasteiger partial charge is 0.337 e. The van der Waals surface area contributed by atoms with Crippen LogP contribution in [0.25, 0.3) is 0 Å². The van der Waals surface area contributed by atoms with E-state index in [2.05, 4.69) is 10.1 Å². The van der Waals surface area contributed by atoms with E-state index in [0.717, 1.165) is 5.56 Å². The van der Waals surface area contributed by atoms with Gasteiger partial charge in [-0.25, -0.2) is 4.79 Å². The molecule has 0 fully saturated rings. The van der Waals surface area contributed by atoms with Crippen LogP contribution in [0, 0.1) is 0 Å². The molecule has 8 nitrogen and oxygen atoms in total. The third-order valence-electron chi connectivity index (χ3n) is 3.98. The van der Waals surface area contributed by atoms with Crippen molar-refractivity contribution in [3.8, 4) is 11.5 Å². The summed E-state index contributed by atoms with van der Waals surface area (Å²) in [6.07, 6.45) is 0.528. The Morgan fingerprint density at radius 3 is 2.07 bits per heavy atom. The number of amides is 1. The molecular formula is C21H23NO7. The SMILES string of the molecule is COC(=O)c1ccc(NC(=O)COC(=O)CCc2cc(OC)cc(OC)c2)cc1. The summed E-state index contributed by atoms with van der Waals surface area (Å²) in [7, 11) is 4.39. The lowest BCUT2D eigenvalue weighted by atomic mass is 10.1. The minimum atomic E-state index is -0.497. The molecule has 2 rings (SSSR count). The van der Waals surface area contributed by atoms with Crippen molar-refractivity contribution in [3.05, 3.63) is 53.6 Å². The zero-order chi connectivity index (χ0) is 21.2. The highest BCUT2D eigenvalue weighted by Crippen LogP contribution is 2.23. The molecule has 0 aliphatic carbocycles. The van der Waals surface area contributed by atoms with Crippen LogP contribution in [0.4, 0.5) is 5.69 Å². The number of benzene rings is 2. The highest BCUT2D eigenvalue weighted by molar-refractivity contribution is 5.94. The molecule has 0 saturated heterocycles. The van der Waals surface area contributed by atoms with E-state index < -0.39 is 24.5 Å². The largest absolute Gasteiger partial charge is 0.497 e. The fraction of sp³-hybridized carbons (Fsp3) is 0.286. The van der Waals surface area contributed by atoms with E-state index in [1.165, 1.54) is 19.2 Å². The molecule has 0 spiro atoms. The van der Waals surface area contributed by atoms with Crippen LogP contribution in [0.5, 0.6) is 11.5 Å². The van der Waals surface area contributed by atoms with Crippen molar-refractivity contribution in [2.75, 3.05) is 33.3 Å². The van der Waals surface area contributed by atoms with Crippen LogP contribution in [-0.2, 0) is 25.5 Å². The lowest BCUT2D eigenvalue weighted by molar-refractivity contribution is -0.147. The molecule has 0 aliphatic heterocycles. The lowest BCUT2D eigenvalue weighted by Crippen LogP contribution is -2.21. The van der Waals surface area contributed by atoms with Crippen LogP contribution < -0.4 is 14.8 Å². The van der Waals surface area contributed by atoms with Crippen molar-refractivity contribution in [1.29, 1.82) is 0 Å². The van der Waals surface area contributed by atoms with Crippen LogP contribution >= 0.6 is 0 Å². The number of rotatable bonds is 9. The van der Waals surface area contributed by atoms with Gasteiger partial charge < -0.3 is 24.3 Å². The summed E-state index contributed by atoms with van der Waals surface area (Å²) >= 11 is 0. The molecule has 0 atom stereocenters. The Labute approximate surface area is 168 Å². The predicted molar refractivity (Wildman–Crippen MR) is 105 cm³/mol. The molecule has 0 saturated carbocycles. The quantitative estimate of drug-likeness (QED) is 0.645. The molecule has 0 heterocycles. The number of hydrogen-bond acceptors (Lipinski definition) is 7. The molecule has 154 valence electrons. The van der Waals surface area contributed by atoms with Crippen molar-refractivity contribution in [2.24, 2.45) is 0 Å². The number of nitrogens with one attached hydrogen (secondary N) is 1. The maximum Gasteiger partial charge on any atom is 0.337 e. The number of carbonyl (C=O) groups is 3. The molecule has 0 aliphatic rings. The van der Waals surface area contributed by atoms with Gasteiger partial charge in [0.1, 0.15) is 11.5 Å². The zero-order valence-corrected chi connectivity index (χ0v) is 16.5. The molecular weight excluding hydrogens is 378 g/mol. The molecule has 0 aromatic heterocycles. The van der Waals surface area contributed by atoms with Crippen LogP contribution in [0.15, 0.2) is 42.5 Å². The summed E-state index contributed by atoms with van der Waals surface area (Å²) in [5.41, 5.74) is 1.70. The monoisotopic (exact) mass is 401 g/mol. The van der Waals surface area contributed by atoms with Crippen molar-refractivity contribution < 1.29 is 33.3 Å². The van der Waals surface area contributed by atoms with E-state index in [-0.39, 0.29) is 6.42 Å². The highest BCUT2D eigenvalue weighted by atomic mass is 16.5. The van der Waals surface area contributed by atoms with Gasteiger partial charge in [0.25, 0.3) is 5.91 Å². The van der Waals surface area contributed by atoms with Crippen molar-refractivity contribution in [2.45, 2.75) is 12.8 Å². The number of anilines is 1. The maximum absolute atomic E-state index is 11.9. The van der Waals surface area contributed by atoms with Gasteiger partial charge in [0.05, 0.1) is 26.9 Å². The van der Waals surface area contributed by atoms with Crippen molar-refractivity contribution in [3.63, 3.8) is 0 Å². The molecule has 1 N–H and O–H groups in total. The predicted octanol–water partition coefficient (Wildman–Crippen LogP) is 2.60. The Bertz CT molecular complexity index is 840. The lowest BCUT2D eigenvalue weighted by Gasteiger charge is -2.09. The van der Waals surface area contributed by atoms with Gasteiger partial charge >= 0.3 is 11.9 Å². The van der Waals surface area contributed by atoms with Gasteiger partial charge in [0, 0.05) is 18.2 Å². The van der Waals surface area contributed by atoms with Crippen LogP contribution in [-0.4, -0.2) is 45.8 Å². The van der Waals surface area contributed by atoms with Gasteiger partial charge in [-0.15, -0.1) is 0 Å². The van der Waals surface area contributed by atoms with Crippen molar-refractivity contribution in [1.82, 2.24) is 0 Å². The first-order valence-corrected chi connectivity index (χ1v) is 8.81. The molecule has 0 radical (unpaired) electrons. The van der Waals surface area contributed by atoms with Gasteiger partial charge in [0.2, 0.25) is 0 Å². The van der Waals surface area contributed by atoms with Crippen LogP contribution in [0.2, 0.25) is 0 Å². The molecule has 8 heteroatoms. The second-order valence-corrected chi connectivity index (χ2v) is 6.00. The minimum absolute atomic E-state index is 0.109. The fourth-order valence-corrected chi connectivity index (χ4v) is 2.48. The summed E-state index contributed by atoms with van der Waals surface area (Å²) in [5, 5.41) is 2.58. The Kier molecular flexibility index (Phi) is 8.02. The average molecular weight is 401 g/mol. The molecule has 29 heavy (non-hydrogen) atoms. The first-order chi connectivity index (χ1) is 13.9. The van der Waals surface area contributed by atoms with E-state index in [1.807, 2.05) is 0 Å². The van der Waals surface area contributed by atoms with E-state index in [1.54, 1.807) is 44.6 Å². The summed E-state index contributed by atoms with van der Waals surface area (Å²) < 4.78 is 20.0. The van der Waals surface area contributed by atoms with Crippen LogP contribution in [0.1, 0.15) is 22.3 Å². The number of esters is 2. The van der Waals surface area contributed by atoms with Gasteiger partial charge in [-0.05, 0) is 48.4 Å². The summed E-state index contributed by atoms with van der Waals surface area (Å²) in [5.74, 6) is -0.184. The number of ether oxygens (including phenoxy) is 4. The number of carbonyl (C=O) groups excluding carboxylic acids is 3. The van der Waals surface area contributed by atoms with E-state index in [0.29, 0.717) is 29.2 Å². The van der Waals surface area contributed by atoms with Gasteiger partial charge in [-0.2, -0.15) is 0 Å². The van der Waals surface area contributed by atoms with E-state index in [9.17, 15) is 14.4 Å². The average Bonchev–Trinajstić information content (AvgIpc) is 2.75. The summed E-state index contributed by atoms with van der Waals surface area (Å²) in [6, 6.07) is 11.5.